The third-order valence-electron chi connectivity index (χ3n) is 2.50. The number of hydrogen-bond donors (Lipinski definition) is 1. The smallest absolute Gasteiger partial charge is 0.276 e. The van der Waals surface area contributed by atoms with E-state index in [1.165, 1.54) is 19.3 Å². The van der Waals surface area contributed by atoms with Crippen molar-refractivity contribution in [1.82, 2.24) is 15.5 Å². The largest absolute Gasteiger partial charge is 0.414 e. The molecule has 5 heteroatoms. The van der Waals surface area contributed by atoms with Crippen LogP contribution in [0, 0.1) is 0 Å². The van der Waals surface area contributed by atoms with E-state index >= 15 is 0 Å². The number of hydrogen-bond acceptors (Lipinski definition) is 5. The Morgan fingerprint density at radius 1 is 1.53 bits per heavy atom. The maximum Gasteiger partial charge on any atom is 0.276 e. The van der Waals surface area contributed by atoms with Crippen molar-refractivity contribution >= 4 is 11.8 Å². The molecule has 1 aromatic heterocycles. The van der Waals surface area contributed by atoms with Crippen LogP contribution in [0.4, 0.5) is 0 Å². The summed E-state index contributed by atoms with van der Waals surface area (Å²) in [6.07, 6.45) is 4.72. The van der Waals surface area contributed by atoms with E-state index in [1.807, 2.05) is 0 Å². The molecule has 2 heterocycles. The maximum atomic E-state index is 5.59. The Labute approximate surface area is 94.2 Å². The van der Waals surface area contributed by atoms with Gasteiger partial charge in [-0.3, -0.25) is 0 Å². The van der Waals surface area contributed by atoms with Gasteiger partial charge in [-0.25, -0.2) is 0 Å². The molecule has 1 saturated heterocycles. The molecule has 1 aliphatic heterocycles. The van der Waals surface area contributed by atoms with Gasteiger partial charge in [0.15, 0.2) is 0 Å². The van der Waals surface area contributed by atoms with Crippen LogP contribution in [0.5, 0.6) is 0 Å². The molecule has 0 spiro atoms. The minimum atomic E-state index is 0.290. The van der Waals surface area contributed by atoms with Gasteiger partial charge in [-0.05, 0) is 25.8 Å². The molecule has 4 nitrogen and oxygen atoms in total. The first-order valence-corrected chi connectivity index (χ1v) is 6.58. The summed E-state index contributed by atoms with van der Waals surface area (Å²) in [7, 11) is 0. The number of nitrogens with one attached hydrogen (secondary N) is 1. The second kappa shape index (κ2) is 5.51. The monoisotopic (exact) mass is 227 g/mol. The Kier molecular flexibility index (Phi) is 4.02. The lowest BCUT2D eigenvalue weighted by atomic mass is 10.2. The van der Waals surface area contributed by atoms with Gasteiger partial charge in [-0.1, -0.05) is 25.1 Å². The van der Waals surface area contributed by atoms with Crippen molar-refractivity contribution in [2.24, 2.45) is 0 Å². The van der Waals surface area contributed by atoms with E-state index in [4.69, 9.17) is 4.42 Å². The molecule has 0 aromatic carbocycles. The molecule has 2 rings (SSSR count). The average Bonchev–Trinajstić information content (AvgIpc) is 2.87. The van der Waals surface area contributed by atoms with Gasteiger partial charge >= 0.3 is 0 Å². The summed E-state index contributed by atoms with van der Waals surface area (Å²) in [5.74, 6) is 1.82. The quantitative estimate of drug-likeness (QED) is 0.618. The van der Waals surface area contributed by atoms with Crippen molar-refractivity contribution in [1.29, 1.82) is 0 Å². The normalized spacial score (nSPS) is 21.0. The Morgan fingerprint density at radius 3 is 3.20 bits per heavy atom. The Morgan fingerprint density at radius 2 is 2.47 bits per heavy atom. The molecule has 1 unspecified atom stereocenters. The molecule has 0 radical (unpaired) electrons. The molecule has 0 aliphatic carbocycles. The van der Waals surface area contributed by atoms with Gasteiger partial charge in [0, 0.05) is 5.75 Å². The molecule has 1 atom stereocenters. The van der Waals surface area contributed by atoms with Gasteiger partial charge in [0.2, 0.25) is 5.89 Å². The molecular weight excluding hydrogens is 210 g/mol. The lowest BCUT2D eigenvalue weighted by Crippen LogP contribution is -2.12. The highest BCUT2D eigenvalue weighted by atomic mass is 32.2. The number of nitrogens with zero attached hydrogens (tertiary/aromatic N) is 2. The zero-order chi connectivity index (χ0) is 10.5. The highest BCUT2D eigenvalue weighted by molar-refractivity contribution is 7.99. The zero-order valence-corrected chi connectivity index (χ0v) is 9.85. The Balaban J connectivity index is 1.86. The fourth-order valence-corrected chi connectivity index (χ4v) is 2.47. The van der Waals surface area contributed by atoms with Crippen LogP contribution in [0.1, 0.15) is 44.5 Å². The first-order valence-electron chi connectivity index (χ1n) is 5.59. The SMILES string of the molecule is CCCCSc1nnc(C2CCCN2)o1. The van der Waals surface area contributed by atoms with E-state index in [2.05, 4.69) is 22.4 Å². The van der Waals surface area contributed by atoms with Crippen molar-refractivity contribution in [3.8, 4) is 0 Å². The van der Waals surface area contributed by atoms with Crippen molar-refractivity contribution in [2.45, 2.75) is 43.9 Å². The Bertz CT molecular complexity index is 297. The number of thioether (sulfide) groups is 1. The minimum Gasteiger partial charge on any atom is -0.414 e. The fourth-order valence-electron chi connectivity index (χ4n) is 1.62. The van der Waals surface area contributed by atoms with Crippen molar-refractivity contribution in [2.75, 3.05) is 12.3 Å². The van der Waals surface area contributed by atoms with E-state index in [0.29, 0.717) is 5.22 Å². The maximum absolute atomic E-state index is 5.59. The second-order valence-corrected chi connectivity index (χ2v) is 4.80. The van der Waals surface area contributed by atoms with Crippen LogP contribution >= 0.6 is 11.8 Å². The van der Waals surface area contributed by atoms with Gasteiger partial charge in [0.25, 0.3) is 5.22 Å². The molecule has 0 amide bonds. The van der Waals surface area contributed by atoms with Gasteiger partial charge in [0.1, 0.15) is 0 Å². The molecular formula is C10H17N3OS. The highest BCUT2D eigenvalue weighted by Crippen LogP contribution is 2.25. The van der Waals surface area contributed by atoms with Crippen molar-refractivity contribution < 1.29 is 4.42 Å². The van der Waals surface area contributed by atoms with Gasteiger partial charge in [0.05, 0.1) is 6.04 Å². The van der Waals surface area contributed by atoms with Crippen LogP contribution < -0.4 is 5.32 Å². The van der Waals surface area contributed by atoms with Crippen LogP contribution in [0.15, 0.2) is 9.64 Å². The summed E-state index contributed by atoms with van der Waals surface area (Å²) in [5, 5.41) is 12.2. The van der Waals surface area contributed by atoms with Crippen molar-refractivity contribution in [3.63, 3.8) is 0 Å². The third-order valence-corrected chi connectivity index (χ3v) is 3.41. The molecule has 15 heavy (non-hydrogen) atoms. The van der Waals surface area contributed by atoms with E-state index in [-0.39, 0.29) is 6.04 Å². The number of unbranched alkanes of at least 4 members (excludes halogenated alkanes) is 1. The molecule has 0 bridgehead atoms. The van der Waals surface area contributed by atoms with Crippen LogP contribution in [-0.4, -0.2) is 22.5 Å². The van der Waals surface area contributed by atoms with Crippen molar-refractivity contribution in [3.05, 3.63) is 5.89 Å². The minimum absolute atomic E-state index is 0.290. The topological polar surface area (TPSA) is 51.0 Å². The van der Waals surface area contributed by atoms with E-state index in [1.54, 1.807) is 11.8 Å². The van der Waals surface area contributed by atoms with Gasteiger partial charge in [-0.15, -0.1) is 10.2 Å². The van der Waals surface area contributed by atoms with Crippen LogP contribution in [0.3, 0.4) is 0 Å². The fraction of sp³-hybridized carbons (Fsp3) is 0.800. The predicted octanol–water partition coefficient (Wildman–Crippen LogP) is 2.39. The number of aromatic nitrogens is 2. The molecule has 1 fully saturated rings. The van der Waals surface area contributed by atoms with Crippen LogP contribution in [0.25, 0.3) is 0 Å². The molecule has 1 aliphatic rings. The third kappa shape index (κ3) is 2.95. The first-order chi connectivity index (χ1) is 7.40. The Hall–Kier alpha value is -0.550. The molecule has 84 valence electrons. The lowest BCUT2D eigenvalue weighted by molar-refractivity contribution is 0.374. The molecule has 1 N–H and O–H groups in total. The van der Waals surface area contributed by atoms with Crippen LogP contribution in [-0.2, 0) is 0 Å². The first kappa shape index (κ1) is 11.0. The summed E-state index contributed by atoms with van der Waals surface area (Å²) < 4.78 is 5.59. The van der Waals surface area contributed by atoms with E-state index in [9.17, 15) is 0 Å². The summed E-state index contributed by atoms with van der Waals surface area (Å²) in [6, 6.07) is 0.290. The summed E-state index contributed by atoms with van der Waals surface area (Å²) >= 11 is 1.66. The second-order valence-electron chi connectivity index (χ2n) is 3.76. The van der Waals surface area contributed by atoms with Crippen LogP contribution in [0.2, 0.25) is 0 Å². The highest BCUT2D eigenvalue weighted by Gasteiger charge is 2.21. The predicted molar refractivity (Wildman–Crippen MR) is 59.9 cm³/mol. The standard InChI is InChI=1S/C10H17N3OS/c1-2-3-7-15-10-13-12-9(14-10)8-5-4-6-11-8/h8,11H,2-7H2,1H3. The summed E-state index contributed by atoms with van der Waals surface area (Å²) in [6.45, 7) is 3.24. The molecule has 1 aromatic rings. The zero-order valence-electron chi connectivity index (χ0n) is 9.03. The summed E-state index contributed by atoms with van der Waals surface area (Å²) in [5.41, 5.74) is 0. The number of rotatable bonds is 5. The van der Waals surface area contributed by atoms with E-state index < -0.39 is 0 Å². The average molecular weight is 227 g/mol. The van der Waals surface area contributed by atoms with Gasteiger partial charge in [-0.2, -0.15) is 0 Å². The lowest BCUT2D eigenvalue weighted by Gasteiger charge is -2.01. The van der Waals surface area contributed by atoms with E-state index in [0.717, 1.165) is 24.6 Å². The molecule has 0 saturated carbocycles. The summed E-state index contributed by atoms with van der Waals surface area (Å²) in [4.78, 5) is 0. The van der Waals surface area contributed by atoms with Gasteiger partial charge < -0.3 is 9.73 Å².